The Hall–Kier alpha value is -1.67. The lowest BCUT2D eigenvalue weighted by Crippen LogP contribution is -2.07. The van der Waals surface area contributed by atoms with Gasteiger partial charge in [-0.2, -0.15) is 0 Å². The molecule has 2 rings (SSSR count). The van der Waals surface area contributed by atoms with Crippen LogP contribution in [0, 0.1) is 5.82 Å². The molecular formula is C15H12ClFO. The fourth-order valence-electron chi connectivity index (χ4n) is 1.78. The van der Waals surface area contributed by atoms with Gasteiger partial charge < -0.3 is 0 Å². The van der Waals surface area contributed by atoms with Crippen molar-refractivity contribution in [2.75, 3.05) is 0 Å². The first-order valence-corrected chi connectivity index (χ1v) is 6.02. The average molecular weight is 263 g/mol. The Morgan fingerprint density at radius 1 is 1.06 bits per heavy atom. The van der Waals surface area contributed by atoms with Crippen LogP contribution >= 0.6 is 11.6 Å². The van der Waals surface area contributed by atoms with Crippen LogP contribution in [0.2, 0.25) is 5.02 Å². The standard InChI is InChI=1S/C15H12ClFO/c16-15-7-6-13(17)9-12(15)10-14(18)8-11-4-2-1-3-5-11/h1-7,9H,8,10H2. The Bertz CT molecular complexity index is 552. The maximum Gasteiger partial charge on any atom is 0.141 e. The third kappa shape index (κ3) is 3.41. The number of benzene rings is 2. The van der Waals surface area contributed by atoms with Gasteiger partial charge in [-0.3, -0.25) is 4.79 Å². The first-order valence-electron chi connectivity index (χ1n) is 5.65. The van der Waals surface area contributed by atoms with Crippen molar-refractivity contribution in [3.05, 3.63) is 70.5 Å². The summed E-state index contributed by atoms with van der Waals surface area (Å²) in [5.74, 6) is -0.351. The maximum atomic E-state index is 13.1. The lowest BCUT2D eigenvalue weighted by molar-refractivity contribution is -0.117. The van der Waals surface area contributed by atoms with E-state index in [4.69, 9.17) is 11.6 Å². The molecule has 0 aliphatic heterocycles. The number of Topliss-reactive ketones (excluding diaryl/α,β-unsaturated/α-hetero) is 1. The molecule has 0 fully saturated rings. The first kappa shape index (κ1) is 12.8. The molecular weight excluding hydrogens is 251 g/mol. The van der Waals surface area contributed by atoms with Crippen LogP contribution in [0.25, 0.3) is 0 Å². The van der Waals surface area contributed by atoms with Crippen molar-refractivity contribution in [1.82, 2.24) is 0 Å². The monoisotopic (exact) mass is 262 g/mol. The second kappa shape index (κ2) is 5.78. The van der Waals surface area contributed by atoms with E-state index in [-0.39, 0.29) is 18.0 Å². The van der Waals surface area contributed by atoms with Crippen molar-refractivity contribution < 1.29 is 9.18 Å². The van der Waals surface area contributed by atoms with Crippen LogP contribution in [-0.2, 0) is 17.6 Å². The Kier molecular flexibility index (Phi) is 4.11. The quantitative estimate of drug-likeness (QED) is 0.818. The molecule has 18 heavy (non-hydrogen) atoms. The van der Waals surface area contributed by atoms with Crippen LogP contribution in [0.15, 0.2) is 48.5 Å². The molecule has 0 saturated heterocycles. The van der Waals surface area contributed by atoms with E-state index in [1.165, 1.54) is 18.2 Å². The summed E-state index contributed by atoms with van der Waals surface area (Å²) in [5.41, 5.74) is 1.49. The molecule has 0 aliphatic rings. The van der Waals surface area contributed by atoms with Gasteiger partial charge in [0.1, 0.15) is 11.6 Å². The van der Waals surface area contributed by atoms with Gasteiger partial charge in [-0.1, -0.05) is 41.9 Å². The molecule has 3 heteroatoms. The third-order valence-electron chi connectivity index (χ3n) is 2.64. The SMILES string of the molecule is O=C(Cc1ccccc1)Cc1cc(F)ccc1Cl. The Labute approximate surface area is 110 Å². The van der Waals surface area contributed by atoms with Crippen molar-refractivity contribution in [2.24, 2.45) is 0 Å². The van der Waals surface area contributed by atoms with Gasteiger partial charge in [-0.25, -0.2) is 4.39 Å². The minimum absolute atomic E-state index is 0.0219. The van der Waals surface area contributed by atoms with E-state index in [0.717, 1.165) is 5.56 Å². The fraction of sp³-hybridized carbons (Fsp3) is 0.133. The summed E-state index contributed by atoms with van der Waals surface area (Å²) in [5, 5.41) is 0.429. The summed E-state index contributed by atoms with van der Waals surface area (Å²) < 4.78 is 13.1. The molecule has 0 saturated carbocycles. The van der Waals surface area contributed by atoms with Crippen LogP contribution < -0.4 is 0 Å². The highest BCUT2D eigenvalue weighted by Gasteiger charge is 2.09. The van der Waals surface area contributed by atoms with Crippen molar-refractivity contribution in [3.8, 4) is 0 Å². The number of hydrogen-bond donors (Lipinski definition) is 0. The molecule has 0 spiro atoms. The van der Waals surface area contributed by atoms with E-state index in [0.29, 0.717) is 17.0 Å². The molecule has 0 unspecified atom stereocenters. The second-order valence-corrected chi connectivity index (χ2v) is 4.52. The fourth-order valence-corrected chi connectivity index (χ4v) is 1.96. The van der Waals surface area contributed by atoms with E-state index in [9.17, 15) is 9.18 Å². The predicted molar refractivity (Wildman–Crippen MR) is 70.3 cm³/mol. The van der Waals surface area contributed by atoms with E-state index in [2.05, 4.69) is 0 Å². The van der Waals surface area contributed by atoms with Gasteiger partial charge in [0.15, 0.2) is 0 Å². The molecule has 2 aromatic rings. The van der Waals surface area contributed by atoms with Gasteiger partial charge in [-0.05, 0) is 29.3 Å². The Morgan fingerprint density at radius 2 is 1.78 bits per heavy atom. The van der Waals surface area contributed by atoms with Gasteiger partial charge in [0.2, 0.25) is 0 Å². The smallest absolute Gasteiger partial charge is 0.141 e. The van der Waals surface area contributed by atoms with E-state index >= 15 is 0 Å². The van der Waals surface area contributed by atoms with Gasteiger partial charge in [0, 0.05) is 17.9 Å². The lowest BCUT2D eigenvalue weighted by atomic mass is 10.0. The zero-order valence-corrected chi connectivity index (χ0v) is 10.5. The average Bonchev–Trinajstić information content (AvgIpc) is 2.35. The number of carbonyl (C=O) groups excluding carboxylic acids is 1. The third-order valence-corrected chi connectivity index (χ3v) is 3.01. The molecule has 0 radical (unpaired) electrons. The van der Waals surface area contributed by atoms with Gasteiger partial charge in [0.25, 0.3) is 0 Å². The minimum atomic E-state index is -0.373. The van der Waals surface area contributed by atoms with Crippen LogP contribution in [-0.4, -0.2) is 5.78 Å². The maximum absolute atomic E-state index is 13.1. The zero-order chi connectivity index (χ0) is 13.0. The number of carbonyl (C=O) groups is 1. The number of rotatable bonds is 4. The summed E-state index contributed by atoms with van der Waals surface area (Å²) in [6.45, 7) is 0. The number of halogens is 2. The molecule has 2 aromatic carbocycles. The number of ketones is 1. The molecule has 92 valence electrons. The molecule has 0 aliphatic carbocycles. The van der Waals surface area contributed by atoms with Crippen LogP contribution in [0.4, 0.5) is 4.39 Å². The minimum Gasteiger partial charge on any atom is -0.299 e. The molecule has 0 N–H and O–H groups in total. The zero-order valence-electron chi connectivity index (χ0n) is 9.70. The summed E-state index contributed by atoms with van der Waals surface area (Å²) in [6, 6.07) is 13.5. The van der Waals surface area contributed by atoms with Crippen molar-refractivity contribution >= 4 is 17.4 Å². The highest BCUT2D eigenvalue weighted by Crippen LogP contribution is 2.18. The molecule has 0 amide bonds. The predicted octanol–water partition coefficient (Wildman–Crippen LogP) is 3.83. The largest absolute Gasteiger partial charge is 0.299 e. The highest BCUT2D eigenvalue weighted by molar-refractivity contribution is 6.31. The molecule has 0 bridgehead atoms. The molecule has 0 atom stereocenters. The van der Waals surface area contributed by atoms with Crippen LogP contribution in [0.3, 0.4) is 0 Å². The Balaban J connectivity index is 2.05. The summed E-state index contributed by atoms with van der Waals surface area (Å²) in [6.07, 6.45) is 0.499. The number of hydrogen-bond acceptors (Lipinski definition) is 1. The van der Waals surface area contributed by atoms with Crippen LogP contribution in [0.5, 0.6) is 0 Å². The van der Waals surface area contributed by atoms with E-state index < -0.39 is 0 Å². The topological polar surface area (TPSA) is 17.1 Å². The summed E-state index contributed by atoms with van der Waals surface area (Å²) >= 11 is 5.92. The second-order valence-electron chi connectivity index (χ2n) is 4.11. The van der Waals surface area contributed by atoms with E-state index in [1.807, 2.05) is 30.3 Å². The normalized spacial score (nSPS) is 10.3. The molecule has 0 aromatic heterocycles. The van der Waals surface area contributed by atoms with Gasteiger partial charge in [-0.15, -0.1) is 0 Å². The molecule has 1 nitrogen and oxygen atoms in total. The van der Waals surface area contributed by atoms with Crippen molar-refractivity contribution in [2.45, 2.75) is 12.8 Å². The molecule has 0 heterocycles. The summed E-state index contributed by atoms with van der Waals surface area (Å²) in [4.78, 5) is 11.9. The summed E-state index contributed by atoms with van der Waals surface area (Å²) in [7, 11) is 0. The highest BCUT2D eigenvalue weighted by atomic mass is 35.5. The van der Waals surface area contributed by atoms with Crippen molar-refractivity contribution in [1.29, 1.82) is 0 Å². The van der Waals surface area contributed by atoms with Gasteiger partial charge >= 0.3 is 0 Å². The first-order chi connectivity index (χ1) is 8.65. The van der Waals surface area contributed by atoms with Crippen LogP contribution in [0.1, 0.15) is 11.1 Å². The van der Waals surface area contributed by atoms with Gasteiger partial charge in [0.05, 0.1) is 0 Å². The Morgan fingerprint density at radius 3 is 2.50 bits per heavy atom. The van der Waals surface area contributed by atoms with E-state index in [1.54, 1.807) is 0 Å². The van der Waals surface area contributed by atoms with Crippen molar-refractivity contribution in [3.63, 3.8) is 0 Å². The lowest BCUT2D eigenvalue weighted by Gasteiger charge is -2.04.